The third-order valence-electron chi connectivity index (χ3n) is 4.97. The number of carbonyl (C=O) groups is 2. The Kier molecular flexibility index (Phi) is 7.49. The van der Waals surface area contributed by atoms with E-state index >= 15 is 0 Å². The number of esters is 1. The number of benzene rings is 2. The summed E-state index contributed by atoms with van der Waals surface area (Å²) in [7, 11) is 1.73. The Bertz CT molecular complexity index is 1150. The molecule has 0 unspecified atom stereocenters. The number of nitrogens with one attached hydrogen (secondary N) is 1. The van der Waals surface area contributed by atoms with Gasteiger partial charge in [0, 0.05) is 13.5 Å². The van der Waals surface area contributed by atoms with Gasteiger partial charge in [0.2, 0.25) is 0 Å². The molecule has 0 saturated heterocycles. The molecule has 0 aliphatic carbocycles. The molecule has 8 heteroatoms. The van der Waals surface area contributed by atoms with Crippen molar-refractivity contribution in [2.75, 3.05) is 18.5 Å². The van der Waals surface area contributed by atoms with Crippen LogP contribution in [0.15, 0.2) is 59.4 Å². The van der Waals surface area contributed by atoms with Gasteiger partial charge >= 0.3 is 5.97 Å². The maximum absolute atomic E-state index is 12.8. The smallest absolute Gasteiger partial charge is 0.306 e. The molecule has 0 aliphatic rings. The van der Waals surface area contributed by atoms with Gasteiger partial charge in [-0.3, -0.25) is 19.1 Å². The molecule has 0 fully saturated rings. The largest absolute Gasteiger partial charge is 0.494 e. The summed E-state index contributed by atoms with van der Waals surface area (Å²) >= 11 is 0. The van der Waals surface area contributed by atoms with E-state index in [-0.39, 0.29) is 17.7 Å². The lowest BCUT2D eigenvalue weighted by Crippen LogP contribution is -2.25. The average molecular weight is 437 g/mol. The summed E-state index contributed by atoms with van der Waals surface area (Å²) in [6.07, 6.45) is 0.595. The Hall–Kier alpha value is -3.81. The fourth-order valence-electron chi connectivity index (χ4n) is 3.22. The fourth-order valence-corrected chi connectivity index (χ4v) is 3.22. The molecule has 32 heavy (non-hydrogen) atoms. The quantitative estimate of drug-likeness (QED) is 0.410. The molecule has 1 amide bonds. The predicted octanol–water partition coefficient (Wildman–Crippen LogP) is 3.13. The van der Waals surface area contributed by atoms with Crippen LogP contribution in [-0.2, 0) is 21.4 Å². The molecule has 0 saturated carbocycles. The van der Waals surface area contributed by atoms with Gasteiger partial charge in [-0.15, -0.1) is 0 Å². The molecule has 3 aromatic rings. The number of para-hydroxylation sites is 1. The summed E-state index contributed by atoms with van der Waals surface area (Å²) in [5.41, 5.74) is 2.17. The molecule has 1 N–H and O–H groups in total. The molecular weight excluding hydrogens is 410 g/mol. The molecule has 0 radical (unpaired) electrons. The van der Waals surface area contributed by atoms with Crippen LogP contribution in [0.2, 0.25) is 0 Å². The first-order chi connectivity index (χ1) is 15.4. The van der Waals surface area contributed by atoms with E-state index in [0.29, 0.717) is 24.4 Å². The number of rotatable bonds is 9. The lowest BCUT2D eigenvalue weighted by atomic mass is 10.2. The molecule has 1 heterocycles. The first-order valence-corrected chi connectivity index (χ1v) is 10.4. The van der Waals surface area contributed by atoms with Crippen LogP contribution in [0.25, 0.3) is 5.69 Å². The lowest BCUT2D eigenvalue weighted by molar-refractivity contribution is -0.147. The maximum Gasteiger partial charge on any atom is 0.306 e. The topological polar surface area (TPSA) is 91.6 Å². The van der Waals surface area contributed by atoms with E-state index in [1.54, 1.807) is 30.8 Å². The number of amides is 1. The minimum Gasteiger partial charge on any atom is -0.494 e. The number of nitrogens with zero attached hydrogens (tertiary/aromatic N) is 2. The fraction of sp³-hybridized carbons (Fsp3) is 0.292. The summed E-state index contributed by atoms with van der Waals surface area (Å²) < 4.78 is 13.7. The molecule has 0 bridgehead atoms. The average Bonchev–Trinajstić information content (AvgIpc) is 2.99. The summed E-state index contributed by atoms with van der Waals surface area (Å²) in [6.45, 7) is 3.61. The van der Waals surface area contributed by atoms with Crippen molar-refractivity contribution in [2.45, 2.75) is 26.7 Å². The summed E-state index contributed by atoms with van der Waals surface area (Å²) in [5.74, 6) is -0.322. The highest BCUT2D eigenvalue weighted by Gasteiger charge is 2.18. The summed E-state index contributed by atoms with van der Waals surface area (Å²) in [4.78, 5) is 37.0. The zero-order valence-electron chi connectivity index (χ0n) is 18.5. The molecule has 0 atom stereocenters. The normalized spacial score (nSPS) is 10.6. The zero-order valence-corrected chi connectivity index (χ0v) is 18.5. The van der Waals surface area contributed by atoms with E-state index in [1.807, 2.05) is 49.4 Å². The van der Waals surface area contributed by atoms with Crippen LogP contribution < -0.4 is 15.6 Å². The molecular formula is C24H27N3O5. The van der Waals surface area contributed by atoms with E-state index in [2.05, 4.69) is 5.32 Å². The van der Waals surface area contributed by atoms with Crippen molar-refractivity contribution in [1.29, 1.82) is 0 Å². The molecule has 2 aromatic carbocycles. The van der Waals surface area contributed by atoms with Gasteiger partial charge in [0.05, 0.1) is 18.0 Å². The van der Waals surface area contributed by atoms with E-state index in [0.717, 1.165) is 11.3 Å². The third kappa shape index (κ3) is 5.66. The first-order valence-electron chi connectivity index (χ1n) is 10.4. The highest BCUT2D eigenvalue weighted by molar-refractivity contribution is 5.93. The number of carbonyl (C=O) groups excluding carboxylic acids is 2. The van der Waals surface area contributed by atoms with Crippen LogP contribution in [0.4, 0.5) is 5.69 Å². The van der Waals surface area contributed by atoms with Crippen LogP contribution in [0.3, 0.4) is 0 Å². The van der Waals surface area contributed by atoms with E-state index < -0.39 is 18.5 Å². The van der Waals surface area contributed by atoms with Crippen LogP contribution in [0.1, 0.15) is 24.1 Å². The van der Waals surface area contributed by atoms with Crippen molar-refractivity contribution in [3.05, 3.63) is 76.2 Å². The van der Waals surface area contributed by atoms with Crippen molar-refractivity contribution < 1.29 is 19.1 Å². The molecule has 0 spiro atoms. The standard InChI is InChI=1S/C24H27N3O5/c1-17-9-7-12-20(15-17)31-14-8-13-22(29)32-16-21(28)25-23-18(2)26(3)27(24(23)30)19-10-5-4-6-11-19/h4-7,9-12,15H,8,13-14,16H2,1-3H3,(H,25,28). The van der Waals surface area contributed by atoms with Gasteiger partial charge in [0.15, 0.2) is 6.61 Å². The zero-order chi connectivity index (χ0) is 23.1. The van der Waals surface area contributed by atoms with Crippen molar-refractivity contribution >= 4 is 17.6 Å². The molecule has 168 valence electrons. The van der Waals surface area contributed by atoms with Crippen molar-refractivity contribution in [3.63, 3.8) is 0 Å². The Labute approximate surface area is 186 Å². The van der Waals surface area contributed by atoms with Crippen LogP contribution >= 0.6 is 0 Å². The Morgan fingerprint density at radius 3 is 2.50 bits per heavy atom. The van der Waals surface area contributed by atoms with Crippen molar-refractivity contribution in [3.8, 4) is 11.4 Å². The summed E-state index contributed by atoms with van der Waals surface area (Å²) in [5, 5.41) is 2.56. The van der Waals surface area contributed by atoms with Crippen LogP contribution in [-0.4, -0.2) is 34.5 Å². The number of aryl methyl sites for hydroxylation is 1. The van der Waals surface area contributed by atoms with Gasteiger partial charge in [-0.25, -0.2) is 4.68 Å². The van der Waals surface area contributed by atoms with E-state index in [9.17, 15) is 14.4 Å². The highest BCUT2D eigenvalue weighted by Crippen LogP contribution is 2.14. The van der Waals surface area contributed by atoms with Gasteiger partial charge in [-0.05, 0) is 50.1 Å². The minimum atomic E-state index is -0.569. The Balaban J connectivity index is 1.48. The number of aromatic nitrogens is 2. The van der Waals surface area contributed by atoms with Gasteiger partial charge in [-0.2, -0.15) is 0 Å². The number of anilines is 1. The van der Waals surface area contributed by atoms with Gasteiger partial charge in [0.1, 0.15) is 11.4 Å². The second-order valence-electron chi connectivity index (χ2n) is 7.41. The van der Waals surface area contributed by atoms with Crippen LogP contribution in [0.5, 0.6) is 5.75 Å². The molecule has 0 aliphatic heterocycles. The van der Waals surface area contributed by atoms with Crippen molar-refractivity contribution in [1.82, 2.24) is 9.36 Å². The minimum absolute atomic E-state index is 0.129. The monoisotopic (exact) mass is 437 g/mol. The van der Waals surface area contributed by atoms with Gasteiger partial charge in [-0.1, -0.05) is 30.3 Å². The number of ether oxygens (including phenoxy) is 2. The van der Waals surface area contributed by atoms with E-state index in [4.69, 9.17) is 9.47 Å². The Morgan fingerprint density at radius 1 is 1.03 bits per heavy atom. The number of hydrogen-bond acceptors (Lipinski definition) is 5. The molecule has 3 rings (SSSR count). The predicted molar refractivity (Wildman–Crippen MR) is 121 cm³/mol. The molecule has 1 aromatic heterocycles. The second kappa shape index (κ2) is 10.5. The summed E-state index contributed by atoms with van der Waals surface area (Å²) in [6, 6.07) is 16.8. The highest BCUT2D eigenvalue weighted by atomic mass is 16.5. The third-order valence-corrected chi connectivity index (χ3v) is 4.97. The lowest BCUT2D eigenvalue weighted by Gasteiger charge is -2.08. The second-order valence-corrected chi connectivity index (χ2v) is 7.41. The maximum atomic E-state index is 12.8. The van der Waals surface area contributed by atoms with E-state index in [1.165, 1.54) is 4.68 Å². The van der Waals surface area contributed by atoms with Crippen molar-refractivity contribution in [2.24, 2.45) is 7.05 Å². The van der Waals surface area contributed by atoms with Crippen LogP contribution in [0, 0.1) is 13.8 Å². The van der Waals surface area contributed by atoms with Gasteiger partial charge in [0.25, 0.3) is 11.5 Å². The Morgan fingerprint density at radius 2 is 1.78 bits per heavy atom. The molecule has 8 nitrogen and oxygen atoms in total. The SMILES string of the molecule is Cc1cccc(OCCCC(=O)OCC(=O)Nc2c(C)n(C)n(-c3ccccc3)c2=O)c1. The number of hydrogen-bond donors (Lipinski definition) is 1. The van der Waals surface area contributed by atoms with Gasteiger partial charge < -0.3 is 14.8 Å². The first kappa shape index (κ1) is 22.9.